The maximum Gasteiger partial charge on any atom is 0.343 e. The molecule has 172 valence electrons. The van der Waals surface area contributed by atoms with Crippen molar-refractivity contribution >= 4 is 23.2 Å². The summed E-state index contributed by atoms with van der Waals surface area (Å²) in [6.45, 7) is 0. The maximum absolute atomic E-state index is 13.5. The largest absolute Gasteiger partial charge is 0.423 e. The second-order valence-electron chi connectivity index (χ2n) is 8.86. The van der Waals surface area contributed by atoms with Gasteiger partial charge in [-0.15, -0.1) is 0 Å². The summed E-state index contributed by atoms with van der Waals surface area (Å²) in [6.07, 6.45) is 1.97. The number of benzene rings is 3. The Labute approximate surface area is 200 Å². The molecule has 5 nitrogen and oxygen atoms in total. The number of carbonyl (C=O) groups is 3. The van der Waals surface area contributed by atoms with Gasteiger partial charge in [0.2, 0.25) is 0 Å². The van der Waals surface area contributed by atoms with Crippen LogP contribution in [0.3, 0.4) is 0 Å². The van der Waals surface area contributed by atoms with Crippen molar-refractivity contribution in [2.45, 2.75) is 25.2 Å². The van der Waals surface area contributed by atoms with Gasteiger partial charge in [-0.3, -0.25) is 9.59 Å². The first-order valence-electron chi connectivity index (χ1n) is 11.5. The summed E-state index contributed by atoms with van der Waals surface area (Å²) in [5, 5.41) is 3.42. The van der Waals surface area contributed by atoms with Crippen LogP contribution < -0.4 is 10.1 Å². The molecule has 3 aromatic rings. The fourth-order valence-electron chi connectivity index (χ4n) is 5.15. The number of hydrogen-bond donors (Lipinski definition) is 1. The molecule has 0 saturated heterocycles. The van der Waals surface area contributed by atoms with E-state index in [0.717, 1.165) is 35.4 Å². The molecule has 35 heavy (non-hydrogen) atoms. The van der Waals surface area contributed by atoms with Crippen molar-refractivity contribution in [1.29, 1.82) is 0 Å². The van der Waals surface area contributed by atoms with Crippen LogP contribution in [0.1, 0.15) is 57.0 Å². The molecule has 1 heterocycles. The van der Waals surface area contributed by atoms with Gasteiger partial charge in [0.25, 0.3) is 0 Å². The number of carbonyl (C=O) groups excluding carboxylic acids is 3. The number of rotatable bonds is 3. The minimum Gasteiger partial charge on any atom is -0.423 e. The quantitative estimate of drug-likeness (QED) is 0.417. The van der Waals surface area contributed by atoms with E-state index in [2.05, 4.69) is 5.32 Å². The number of ether oxygens (including phenoxy) is 1. The molecule has 6 rings (SSSR count). The molecule has 1 aliphatic heterocycles. The molecule has 3 aliphatic rings. The normalized spacial score (nSPS) is 18.6. The van der Waals surface area contributed by atoms with Gasteiger partial charge >= 0.3 is 5.97 Å². The summed E-state index contributed by atoms with van der Waals surface area (Å²) < 4.78 is 18.6. The van der Waals surface area contributed by atoms with E-state index in [1.807, 2.05) is 24.3 Å². The van der Waals surface area contributed by atoms with Gasteiger partial charge < -0.3 is 10.1 Å². The van der Waals surface area contributed by atoms with Crippen molar-refractivity contribution in [1.82, 2.24) is 5.32 Å². The summed E-state index contributed by atoms with van der Waals surface area (Å²) in [7, 11) is 0. The van der Waals surface area contributed by atoms with Crippen LogP contribution in [0.25, 0.3) is 5.70 Å². The highest BCUT2D eigenvalue weighted by molar-refractivity contribution is 6.23. The van der Waals surface area contributed by atoms with Crippen LogP contribution in [-0.2, 0) is 4.79 Å². The maximum atomic E-state index is 13.5. The third-order valence-electron chi connectivity index (χ3n) is 6.77. The van der Waals surface area contributed by atoms with Crippen LogP contribution in [-0.4, -0.2) is 17.5 Å². The van der Waals surface area contributed by atoms with Crippen molar-refractivity contribution in [3.8, 4) is 5.75 Å². The molecule has 2 aliphatic carbocycles. The van der Waals surface area contributed by atoms with Crippen molar-refractivity contribution in [2.24, 2.45) is 0 Å². The highest BCUT2D eigenvalue weighted by atomic mass is 19.1. The number of dihydropyridines is 1. The van der Waals surface area contributed by atoms with E-state index in [0.29, 0.717) is 28.9 Å². The van der Waals surface area contributed by atoms with Crippen LogP contribution in [0.15, 0.2) is 89.6 Å². The van der Waals surface area contributed by atoms with E-state index in [-0.39, 0.29) is 17.1 Å². The third-order valence-corrected chi connectivity index (χ3v) is 6.77. The van der Waals surface area contributed by atoms with Crippen LogP contribution in [0, 0.1) is 5.82 Å². The van der Waals surface area contributed by atoms with Crippen LogP contribution >= 0.6 is 0 Å². The first-order chi connectivity index (χ1) is 17.0. The van der Waals surface area contributed by atoms with E-state index in [9.17, 15) is 18.8 Å². The van der Waals surface area contributed by atoms with Crippen molar-refractivity contribution in [3.05, 3.63) is 118 Å². The molecule has 1 N–H and O–H groups in total. The monoisotopic (exact) mass is 465 g/mol. The summed E-state index contributed by atoms with van der Waals surface area (Å²) in [6, 6.07) is 19.5. The molecule has 0 bridgehead atoms. The molecule has 0 fully saturated rings. The molecule has 1 atom stereocenters. The van der Waals surface area contributed by atoms with Gasteiger partial charge in [0.1, 0.15) is 11.6 Å². The van der Waals surface area contributed by atoms with E-state index in [4.69, 9.17) is 4.74 Å². The van der Waals surface area contributed by atoms with Crippen LogP contribution in [0.5, 0.6) is 5.75 Å². The SMILES string of the molecule is O=C1CCCC2=C1[C@@H](c1ccc(OC(=O)c3ccc(F)cc3)cc1)C1=C(N2)c2ccccc2C1=O. The van der Waals surface area contributed by atoms with Gasteiger partial charge in [-0.25, -0.2) is 9.18 Å². The van der Waals surface area contributed by atoms with E-state index in [1.165, 1.54) is 24.3 Å². The Hall–Kier alpha value is -4.32. The van der Waals surface area contributed by atoms with Crippen LogP contribution in [0.2, 0.25) is 0 Å². The first kappa shape index (κ1) is 21.2. The van der Waals surface area contributed by atoms with E-state index >= 15 is 0 Å². The molecule has 6 heteroatoms. The molecule has 0 spiro atoms. The summed E-state index contributed by atoms with van der Waals surface area (Å²) in [5.41, 5.74) is 5.38. The molecule has 0 amide bonds. The number of halogens is 1. The summed E-state index contributed by atoms with van der Waals surface area (Å²) in [4.78, 5) is 38.9. The molecule has 3 aromatic carbocycles. The highest BCUT2D eigenvalue weighted by Crippen LogP contribution is 2.48. The van der Waals surface area contributed by atoms with E-state index < -0.39 is 17.7 Å². The topological polar surface area (TPSA) is 72.5 Å². The van der Waals surface area contributed by atoms with Crippen molar-refractivity contribution < 1.29 is 23.5 Å². The number of fused-ring (bicyclic) bond motifs is 2. The molecule has 0 saturated carbocycles. The van der Waals surface area contributed by atoms with Crippen molar-refractivity contribution in [3.63, 3.8) is 0 Å². The predicted molar refractivity (Wildman–Crippen MR) is 127 cm³/mol. The number of hydrogen-bond acceptors (Lipinski definition) is 5. The molecular formula is C29H20FNO4. The second-order valence-corrected chi connectivity index (χ2v) is 8.86. The molecular weight excluding hydrogens is 445 g/mol. The second kappa shape index (κ2) is 8.17. The fraction of sp³-hybridized carbons (Fsp3) is 0.138. The number of ketones is 2. The predicted octanol–water partition coefficient (Wildman–Crippen LogP) is 5.35. The lowest BCUT2D eigenvalue weighted by atomic mass is 9.75. The molecule has 0 unspecified atom stereocenters. The number of allylic oxidation sites excluding steroid dienone is 3. The number of esters is 1. The minimum atomic E-state index is -0.599. The van der Waals surface area contributed by atoms with Crippen LogP contribution in [0.4, 0.5) is 4.39 Å². The Balaban J connectivity index is 1.37. The average Bonchev–Trinajstić information content (AvgIpc) is 3.16. The van der Waals surface area contributed by atoms with Gasteiger partial charge in [0.05, 0.1) is 11.3 Å². The Bertz CT molecular complexity index is 1470. The lowest BCUT2D eigenvalue weighted by Crippen LogP contribution is -2.31. The minimum absolute atomic E-state index is 0.0471. The van der Waals surface area contributed by atoms with Gasteiger partial charge in [0.15, 0.2) is 11.6 Å². The van der Waals surface area contributed by atoms with Gasteiger partial charge in [-0.05, 0) is 54.8 Å². The summed E-state index contributed by atoms with van der Waals surface area (Å²) in [5.74, 6) is -1.24. The third kappa shape index (κ3) is 3.49. The Morgan fingerprint density at radius 3 is 2.31 bits per heavy atom. The van der Waals surface area contributed by atoms with Crippen molar-refractivity contribution in [2.75, 3.05) is 0 Å². The Morgan fingerprint density at radius 2 is 1.57 bits per heavy atom. The number of Topliss-reactive ketones (excluding diaryl/α,β-unsaturated/α-hetero) is 2. The standard InChI is InChI=1S/C29H20FNO4/c30-18-12-8-17(9-13-18)29(34)35-19-14-10-16(11-15-19)24-25-22(6-3-7-23(25)32)31-27-20-4-1-2-5-21(20)28(33)26(24)27/h1-2,4-5,8-15,24,31H,3,6-7H2/t24-/m1/s1. The highest BCUT2D eigenvalue weighted by Gasteiger charge is 2.43. The zero-order valence-corrected chi connectivity index (χ0v) is 18.6. The number of nitrogens with one attached hydrogen (secondary N) is 1. The first-order valence-corrected chi connectivity index (χ1v) is 11.5. The van der Waals surface area contributed by atoms with Gasteiger partial charge in [-0.1, -0.05) is 36.4 Å². The zero-order chi connectivity index (χ0) is 24.1. The molecule has 0 radical (unpaired) electrons. The lowest BCUT2D eigenvalue weighted by molar-refractivity contribution is -0.116. The fourth-order valence-corrected chi connectivity index (χ4v) is 5.15. The zero-order valence-electron chi connectivity index (χ0n) is 18.6. The summed E-state index contributed by atoms with van der Waals surface area (Å²) >= 11 is 0. The Morgan fingerprint density at radius 1 is 0.857 bits per heavy atom. The average molecular weight is 465 g/mol. The van der Waals surface area contributed by atoms with E-state index in [1.54, 1.807) is 24.3 Å². The smallest absolute Gasteiger partial charge is 0.343 e. The Kier molecular flexibility index (Phi) is 4.95. The van der Waals surface area contributed by atoms with Gasteiger partial charge in [0, 0.05) is 40.3 Å². The molecule has 0 aromatic heterocycles. The lowest BCUT2D eigenvalue weighted by Gasteiger charge is -2.33. The van der Waals surface area contributed by atoms with Gasteiger partial charge in [-0.2, -0.15) is 0 Å².